The van der Waals surface area contributed by atoms with Gasteiger partial charge in [0.15, 0.2) is 0 Å². The van der Waals surface area contributed by atoms with Crippen molar-refractivity contribution in [3.05, 3.63) is 12.3 Å². The summed E-state index contributed by atoms with van der Waals surface area (Å²) in [5.41, 5.74) is -0.0769. The predicted octanol–water partition coefficient (Wildman–Crippen LogP) is 2.28. The summed E-state index contributed by atoms with van der Waals surface area (Å²) < 4.78 is 36.4. The minimum atomic E-state index is -4.64. The average Bonchev–Trinajstić information content (AvgIpc) is 2.71. The number of hydrogen-bond donors (Lipinski definition) is 0. The second-order valence-corrected chi connectivity index (χ2v) is 4.35. The van der Waals surface area contributed by atoms with E-state index in [-0.39, 0.29) is 11.5 Å². The highest BCUT2D eigenvalue weighted by Gasteiger charge is 2.52. The Bertz CT molecular complexity index is 286. The van der Waals surface area contributed by atoms with Gasteiger partial charge in [-0.2, -0.15) is 4.84 Å². The van der Waals surface area contributed by atoms with Crippen LogP contribution in [0.3, 0.4) is 0 Å². The summed E-state index contributed by atoms with van der Waals surface area (Å²) in [4.78, 5) is 3.99. The molecule has 0 N–H and O–H groups in total. The lowest BCUT2D eigenvalue weighted by Crippen LogP contribution is -2.45. The van der Waals surface area contributed by atoms with Crippen molar-refractivity contribution in [2.24, 2.45) is 5.41 Å². The third-order valence-corrected chi connectivity index (χ3v) is 2.98. The topological polar surface area (TPSA) is 15.7 Å². The number of hydrazine groups is 1. The van der Waals surface area contributed by atoms with Crippen molar-refractivity contribution in [3.8, 4) is 0 Å². The van der Waals surface area contributed by atoms with Crippen molar-refractivity contribution in [2.75, 3.05) is 7.05 Å². The number of halogens is 3. The molecule has 0 amide bonds. The fourth-order valence-electron chi connectivity index (χ4n) is 1.76. The van der Waals surface area contributed by atoms with Crippen LogP contribution in [-0.2, 0) is 4.84 Å². The smallest absolute Gasteiger partial charge is 0.293 e. The van der Waals surface area contributed by atoms with Gasteiger partial charge in [-0.25, -0.2) is 0 Å². The van der Waals surface area contributed by atoms with E-state index in [9.17, 15) is 13.2 Å². The molecule has 1 aliphatic carbocycles. The number of rotatable bonds is 2. The Labute approximate surface area is 86.0 Å². The van der Waals surface area contributed by atoms with Gasteiger partial charge in [-0.05, 0) is 24.3 Å². The van der Waals surface area contributed by atoms with Gasteiger partial charge in [0, 0.05) is 13.2 Å². The molecule has 1 heterocycles. The Morgan fingerprint density at radius 3 is 2.47 bits per heavy atom. The molecule has 15 heavy (non-hydrogen) atoms. The summed E-state index contributed by atoms with van der Waals surface area (Å²) in [5.74, 6) is 0. The zero-order chi connectivity index (χ0) is 11.3. The van der Waals surface area contributed by atoms with Crippen LogP contribution in [0.1, 0.15) is 19.8 Å². The molecule has 0 aromatic heterocycles. The lowest BCUT2D eigenvalue weighted by atomic mass is 10.0. The molecule has 0 bridgehead atoms. The molecule has 1 saturated carbocycles. The van der Waals surface area contributed by atoms with Gasteiger partial charge < -0.3 is 0 Å². The fraction of sp³-hybridized carbons (Fsp3) is 0.778. The van der Waals surface area contributed by atoms with Crippen LogP contribution in [0.2, 0.25) is 0 Å². The molecule has 3 nitrogen and oxygen atoms in total. The second-order valence-electron chi connectivity index (χ2n) is 4.35. The lowest BCUT2D eigenvalue weighted by Gasteiger charge is -2.32. The van der Waals surface area contributed by atoms with Crippen molar-refractivity contribution in [3.63, 3.8) is 0 Å². The molecule has 1 unspecified atom stereocenters. The van der Waals surface area contributed by atoms with Crippen molar-refractivity contribution >= 4 is 0 Å². The minimum Gasteiger partial charge on any atom is -0.293 e. The van der Waals surface area contributed by atoms with Crippen LogP contribution in [0.25, 0.3) is 0 Å². The zero-order valence-electron chi connectivity index (χ0n) is 8.58. The van der Waals surface area contributed by atoms with Crippen molar-refractivity contribution in [1.29, 1.82) is 0 Å². The normalized spacial score (nSPS) is 29.9. The average molecular weight is 222 g/mol. The lowest BCUT2D eigenvalue weighted by molar-refractivity contribution is -0.455. The van der Waals surface area contributed by atoms with Gasteiger partial charge in [0.2, 0.25) is 0 Å². The molecule has 0 radical (unpaired) electrons. The van der Waals surface area contributed by atoms with Gasteiger partial charge in [-0.1, -0.05) is 12.1 Å². The maximum Gasteiger partial charge on any atom is 0.540 e. The standard InChI is InChI=1S/C9H13F3N2O/c1-8(4-5-8)7-3-6-13(2)14(7)15-9(10,11)12/h3,6-7H,4-5H2,1-2H3. The first-order valence-electron chi connectivity index (χ1n) is 4.78. The van der Waals surface area contributed by atoms with Gasteiger partial charge in [-0.3, -0.25) is 5.01 Å². The second kappa shape index (κ2) is 3.12. The van der Waals surface area contributed by atoms with Crippen LogP contribution >= 0.6 is 0 Å². The molecule has 1 fully saturated rings. The molecule has 2 aliphatic rings. The monoisotopic (exact) mass is 222 g/mol. The van der Waals surface area contributed by atoms with Gasteiger partial charge in [-0.15, -0.1) is 13.2 Å². The fourth-order valence-corrected chi connectivity index (χ4v) is 1.76. The first kappa shape index (κ1) is 10.8. The number of alkyl halides is 3. The van der Waals surface area contributed by atoms with E-state index in [1.54, 1.807) is 12.3 Å². The Morgan fingerprint density at radius 1 is 1.40 bits per heavy atom. The zero-order valence-corrected chi connectivity index (χ0v) is 8.58. The molecule has 86 valence electrons. The van der Waals surface area contributed by atoms with Crippen LogP contribution in [0.4, 0.5) is 13.2 Å². The molecule has 0 spiro atoms. The quantitative estimate of drug-likeness (QED) is 0.712. The molecule has 0 aromatic carbocycles. The number of hydroxylamine groups is 1. The molecule has 2 rings (SSSR count). The summed E-state index contributed by atoms with van der Waals surface area (Å²) in [5, 5.41) is 2.22. The van der Waals surface area contributed by atoms with Crippen molar-refractivity contribution in [1.82, 2.24) is 10.2 Å². The van der Waals surface area contributed by atoms with Gasteiger partial charge in [0.25, 0.3) is 0 Å². The summed E-state index contributed by atoms with van der Waals surface area (Å²) >= 11 is 0. The molecule has 0 saturated heterocycles. The van der Waals surface area contributed by atoms with Gasteiger partial charge in [0.05, 0.1) is 6.04 Å². The first-order chi connectivity index (χ1) is 6.82. The minimum absolute atomic E-state index is 0.0769. The van der Waals surface area contributed by atoms with Crippen molar-refractivity contribution in [2.45, 2.75) is 32.2 Å². The van der Waals surface area contributed by atoms with E-state index < -0.39 is 6.36 Å². The number of nitrogens with zero attached hydrogens (tertiary/aromatic N) is 2. The Hall–Kier alpha value is -0.750. The van der Waals surface area contributed by atoms with E-state index in [0.717, 1.165) is 18.0 Å². The van der Waals surface area contributed by atoms with E-state index in [4.69, 9.17) is 0 Å². The maximum absolute atomic E-state index is 12.1. The summed E-state index contributed by atoms with van der Waals surface area (Å²) in [7, 11) is 1.54. The third kappa shape index (κ3) is 2.10. The van der Waals surface area contributed by atoms with Crippen molar-refractivity contribution < 1.29 is 18.0 Å². The van der Waals surface area contributed by atoms with E-state index >= 15 is 0 Å². The Balaban J connectivity index is 2.08. The molecular weight excluding hydrogens is 209 g/mol. The van der Waals surface area contributed by atoms with Crippen LogP contribution in [-0.4, -0.2) is 29.6 Å². The Morgan fingerprint density at radius 2 is 2.00 bits per heavy atom. The molecule has 1 atom stereocenters. The highest BCUT2D eigenvalue weighted by molar-refractivity contribution is 5.11. The SMILES string of the molecule is CN1C=CC(C2(C)CC2)N1OC(F)(F)F. The van der Waals surface area contributed by atoms with Crippen LogP contribution in [0, 0.1) is 5.41 Å². The summed E-state index contributed by atoms with van der Waals surface area (Å²) in [6.45, 7) is 1.97. The Kier molecular flexibility index (Phi) is 2.24. The number of hydrogen-bond acceptors (Lipinski definition) is 3. The van der Waals surface area contributed by atoms with E-state index in [1.165, 1.54) is 12.1 Å². The van der Waals surface area contributed by atoms with Crippen LogP contribution in [0.15, 0.2) is 12.3 Å². The van der Waals surface area contributed by atoms with Crippen LogP contribution < -0.4 is 0 Å². The molecule has 1 aliphatic heterocycles. The highest BCUT2D eigenvalue weighted by Crippen LogP contribution is 2.52. The van der Waals surface area contributed by atoms with Crippen LogP contribution in [0.5, 0.6) is 0 Å². The summed E-state index contributed by atoms with van der Waals surface area (Å²) in [6, 6.07) is -0.316. The van der Waals surface area contributed by atoms with Gasteiger partial charge in [0.1, 0.15) is 0 Å². The largest absolute Gasteiger partial charge is 0.540 e. The predicted molar refractivity (Wildman–Crippen MR) is 47.0 cm³/mol. The molecule has 6 heteroatoms. The highest BCUT2D eigenvalue weighted by atomic mass is 19.4. The van der Waals surface area contributed by atoms with Gasteiger partial charge >= 0.3 is 6.36 Å². The molecular formula is C9H13F3N2O. The third-order valence-electron chi connectivity index (χ3n) is 2.98. The van der Waals surface area contributed by atoms with E-state index in [2.05, 4.69) is 4.84 Å². The van der Waals surface area contributed by atoms with E-state index in [1.807, 2.05) is 6.92 Å². The first-order valence-corrected chi connectivity index (χ1v) is 4.78. The molecule has 0 aromatic rings. The van der Waals surface area contributed by atoms with E-state index in [0.29, 0.717) is 0 Å². The summed E-state index contributed by atoms with van der Waals surface area (Å²) in [6.07, 6.45) is 0.587. The maximum atomic E-state index is 12.1.